The lowest BCUT2D eigenvalue weighted by Crippen LogP contribution is -2.20. The Bertz CT molecular complexity index is 730. The molecule has 104 valence electrons. The van der Waals surface area contributed by atoms with Gasteiger partial charge in [-0.3, -0.25) is 14.8 Å². The van der Waals surface area contributed by atoms with Crippen molar-refractivity contribution < 1.29 is 10.2 Å². The van der Waals surface area contributed by atoms with Gasteiger partial charge in [-0.1, -0.05) is 12.1 Å². The molecule has 0 saturated heterocycles. The summed E-state index contributed by atoms with van der Waals surface area (Å²) in [6.45, 7) is 0.0570. The van der Waals surface area contributed by atoms with Crippen LogP contribution in [0.1, 0.15) is 5.56 Å². The molecule has 0 saturated carbocycles. The van der Waals surface area contributed by atoms with E-state index in [0.717, 1.165) is 5.56 Å². The summed E-state index contributed by atoms with van der Waals surface area (Å²) in [5.41, 5.74) is -0.608. The third-order valence-corrected chi connectivity index (χ3v) is 2.50. The molecule has 0 spiro atoms. The third kappa shape index (κ3) is 3.18. The molecule has 0 radical (unpaired) electrons. The van der Waals surface area contributed by atoms with Gasteiger partial charge in [-0.2, -0.15) is 5.11 Å². The largest absolute Gasteiger partial charge is 0.493 e. The lowest BCUT2D eigenvalue weighted by molar-refractivity contribution is 0.299. The van der Waals surface area contributed by atoms with Gasteiger partial charge in [-0.15, -0.1) is 5.11 Å². The molecule has 0 fully saturated rings. The molecule has 1 aromatic carbocycles. The third-order valence-electron chi connectivity index (χ3n) is 2.50. The normalized spacial score (nSPS) is 11.1. The van der Waals surface area contributed by atoms with Crippen LogP contribution in [0.2, 0.25) is 0 Å². The van der Waals surface area contributed by atoms with Crippen LogP contribution in [0.3, 0.4) is 0 Å². The highest BCUT2D eigenvalue weighted by Crippen LogP contribution is 2.20. The summed E-state index contributed by atoms with van der Waals surface area (Å²) in [7, 11) is 0. The summed E-state index contributed by atoms with van der Waals surface area (Å²) in [6.07, 6.45) is 0.539. The van der Waals surface area contributed by atoms with E-state index in [-0.39, 0.29) is 12.3 Å². The van der Waals surface area contributed by atoms with Crippen molar-refractivity contribution in [3.05, 3.63) is 50.7 Å². The second-order valence-electron chi connectivity index (χ2n) is 3.95. The molecule has 2 rings (SSSR count). The van der Waals surface area contributed by atoms with Crippen LogP contribution in [0.15, 0.2) is 44.1 Å². The minimum atomic E-state index is -0.827. The number of hydrogen-bond donors (Lipinski definition) is 4. The average molecular weight is 276 g/mol. The topological polar surface area (TPSA) is 131 Å². The molecular formula is C12H12N4O4. The van der Waals surface area contributed by atoms with E-state index in [9.17, 15) is 14.7 Å². The Hall–Kier alpha value is -2.74. The molecule has 0 bridgehead atoms. The zero-order chi connectivity index (χ0) is 14.5. The lowest BCUT2D eigenvalue weighted by Gasteiger charge is -1.98. The first-order valence-corrected chi connectivity index (χ1v) is 5.77. The Morgan fingerprint density at radius 1 is 1.05 bits per heavy atom. The number of H-pyrrole nitrogens is 2. The Morgan fingerprint density at radius 2 is 1.75 bits per heavy atom. The number of aliphatic hydroxyl groups excluding tert-OH is 1. The standard InChI is InChI=1S/C12H12N4O4/c17-6-5-7-1-3-8(4-2-7)15-16-9-10(18)13-12(20)14-11(9)19/h1-4,17H,5-6H2,(H3,13,14,18,19,20). The van der Waals surface area contributed by atoms with Crippen molar-refractivity contribution in [1.29, 1.82) is 0 Å². The second-order valence-corrected chi connectivity index (χ2v) is 3.95. The molecule has 0 aliphatic carbocycles. The number of benzene rings is 1. The molecule has 8 nitrogen and oxygen atoms in total. The van der Waals surface area contributed by atoms with Gasteiger partial charge < -0.3 is 10.2 Å². The van der Waals surface area contributed by atoms with Gasteiger partial charge in [0.05, 0.1) is 5.69 Å². The van der Waals surface area contributed by atoms with Crippen LogP contribution in [0, 0.1) is 0 Å². The number of aromatic nitrogens is 2. The maximum Gasteiger partial charge on any atom is 0.328 e. The molecule has 20 heavy (non-hydrogen) atoms. The monoisotopic (exact) mass is 276 g/mol. The lowest BCUT2D eigenvalue weighted by atomic mass is 10.1. The van der Waals surface area contributed by atoms with E-state index in [0.29, 0.717) is 12.1 Å². The number of aromatic hydroxyl groups is 1. The molecule has 2 aromatic rings. The summed E-state index contributed by atoms with van der Waals surface area (Å²) in [6, 6.07) is 6.85. The van der Waals surface area contributed by atoms with E-state index in [1.807, 2.05) is 9.97 Å². The van der Waals surface area contributed by atoms with Gasteiger partial charge >= 0.3 is 5.69 Å². The fraction of sp³-hybridized carbons (Fsp3) is 0.167. The highest BCUT2D eigenvalue weighted by Gasteiger charge is 2.06. The molecule has 0 unspecified atom stereocenters. The van der Waals surface area contributed by atoms with Crippen molar-refractivity contribution in [2.24, 2.45) is 10.2 Å². The van der Waals surface area contributed by atoms with Gasteiger partial charge in [-0.05, 0) is 24.1 Å². The molecule has 4 N–H and O–H groups in total. The van der Waals surface area contributed by atoms with E-state index in [1.165, 1.54) is 0 Å². The molecule has 0 aliphatic rings. The van der Waals surface area contributed by atoms with E-state index >= 15 is 0 Å². The Kier molecular flexibility index (Phi) is 4.06. The van der Waals surface area contributed by atoms with Crippen molar-refractivity contribution in [1.82, 2.24) is 9.97 Å². The van der Waals surface area contributed by atoms with Crippen LogP contribution in [0.25, 0.3) is 0 Å². The highest BCUT2D eigenvalue weighted by molar-refractivity contribution is 5.44. The summed E-state index contributed by atoms with van der Waals surface area (Å²) in [4.78, 5) is 26.2. The summed E-state index contributed by atoms with van der Waals surface area (Å²) in [5, 5.41) is 25.6. The van der Waals surface area contributed by atoms with Crippen LogP contribution in [0.5, 0.6) is 5.88 Å². The van der Waals surface area contributed by atoms with Crippen molar-refractivity contribution in [3.63, 3.8) is 0 Å². The number of hydrogen-bond acceptors (Lipinski definition) is 6. The van der Waals surface area contributed by atoms with E-state index in [2.05, 4.69) is 10.2 Å². The van der Waals surface area contributed by atoms with Crippen molar-refractivity contribution in [2.75, 3.05) is 6.61 Å². The van der Waals surface area contributed by atoms with E-state index < -0.39 is 17.1 Å². The molecule has 0 amide bonds. The molecule has 8 heteroatoms. The van der Waals surface area contributed by atoms with Gasteiger partial charge in [0.25, 0.3) is 5.56 Å². The quantitative estimate of drug-likeness (QED) is 0.612. The van der Waals surface area contributed by atoms with E-state index in [1.54, 1.807) is 24.3 Å². The smallest absolute Gasteiger partial charge is 0.328 e. The maximum absolute atomic E-state index is 11.4. The van der Waals surface area contributed by atoms with Crippen LogP contribution in [-0.2, 0) is 6.42 Å². The van der Waals surface area contributed by atoms with Crippen molar-refractivity contribution >= 4 is 11.4 Å². The van der Waals surface area contributed by atoms with Crippen LogP contribution in [-0.4, -0.2) is 26.8 Å². The zero-order valence-electron chi connectivity index (χ0n) is 10.3. The first-order valence-electron chi connectivity index (χ1n) is 5.77. The molecule has 0 aliphatic heterocycles. The zero-order valence-corrected chi connectivity index (χ0v) is 10.3. The molecular weight excluding hydrogens is 264 g/mol. The summed E-state index contributed by atoms with van der Waals surface area (Å²) >= 11 is 0. The highest BCUT2D eigenvalue weighted by atomic mass is 16.3. The van der Waals surface area contributed by atoms with Crippen molar-refractivity contribution in [2.45, 2.75) is 6.42 Å². The van der Waals surface area contributed by atoms with Gasteiger partial charge in [0.15, 0.2) is 0 Å². The first-order chi connectivity index (χ1) is 9.60. The number of aliphatic hydroxyl groups is 1. The minimum Gasteiger partial charge on any atom is -0.493 e. The predicted octanol–water partition coefficient (Wildman–Crippen LogP) is 0.719. The van der Waals surface area contributed by atoms with Crippen LogP contribution < -0.4 is 11.2 Å². The maximum atomic E-state index is 11.4. The fourth-order valence-corrected chi connectivity index (χ4v) is 1.53. The van der Waals surface area contributed by atoms with Crippen LogP contribution >= 0.6 is 0 Å². The van der Waals surface area contributed by atoms with Crippen molar-refractivity contribution in [3.8, 4) is 5.88 Å². The average Bonchev–Trinajstić information content (AvgIpc) is 2.39. The van der Waals surface area contributed by atoms with Gasteiger partial charge in [0.1, 0.15) is 0 Å². The molecule has 1 aromatic heterocycles. The first kappa shape index (κ1) is 13.7. The molecule has 1 heterocycles. The molecule has 0 atom stereocenters. The van der Waals surface area contributed by atoms with Gasteiger partial charge in [0.2, 0.25) is 11.6 Å². The number of rotatable bonds is 4. The SMILES string of the molecule is O=c1[nH]c(O)c(N=Nc2ccc(CCO)cc2)c(=O)[nH]1. The Balaban J connectivity index is 2.25. The van der Waals surface area contributed by atoms with Gasteiger partial charge in [0, 0.05) is 6.61 Å². The summed E-state index contributed by atoms with van der Waals surface area (Å²) in [5.74, 6) is -0.639. The van der Waals surface area contributed by atoms with E-state index in [4.69, 9.17) is 5.11 Å². The number of azo groups is 1. The van der Waals surface area contributed by atoms with Gasteiger partial charge in [-0.25, -0.2) is 4.79 Å². The second kappa shape index (κ2) is 5.93. The predicted molar refractivity (Wildman–Crippen MR) is 70.8 cm³/mol. The Labute approximate surface area is 112 Å². The fourth-order valence-electron chi connectivity index (χ4n) is 1.53. The Morgan fingerprint density at radius 3 is 2.35 bits per heavy atom. The number of nitrogens with zero attached hydrogens (tertiary/aromatic N) is 2. The summed E-state index contributed by atoms with van der Waals surface area (Å²) < 4.78 is 0. The minimum absolute atomic E-state index is 0.0570. The number of nitrogens with one attached hydrogen (secondary N) is 2. The number of aromatic amines is 2. The van der Waals surface area contributed by atoms with Crippen LogP contribution in [0.4, 0.5) is 11.4 Å².